The third-order valence-electron chi connectivity index (χ3n) is 3.41. The zero-order chi connectivity index (χ0) is 14.0. The second-order valence-corrected chi connectivity index (χ2v) is 5.78. The van der Waals surface area contributed by atoms with E-state index in [-0.39, 0.29) is 0 Å². The van der Waals surface area contributed by atoms with Crippen molar-refractivity contribution in [3.63, 3.8) is 0 Å². The van der Waals surface area contributed by atoms with Gasteiger partial charge in [-0.2, -0.15) is 5.10 Å². The van der Waals surface area contributed by atoms with Crippen LogP contribution in [0.1, 0.15) is 35.5 Å². The lowest BCUT2D eigenvalue weighted by Gasteiger charge is -2.15. The summed E-state index contributed by atoms with van der Waals surface area (Å²) in [5.41, 5.74) is 4.81. The topological polar surface area (TPSA) is 29.9 Å². The molecule has 1 aromatic carbocycles. The number of benzene rings is 1. The first-order valence-electron chi connectivity index (χ1n) is 6.47. The molecule has 0 fully saturated rings. The Labute approximate surface area is 123 Å². The van der Waals surface area contributed by atoms with Crippen LogP contribution in [0.25, 0.3) is 0 Å². The smallest absolute Gasteiger partial charge is 0.0739 e. The first-order chi connectivity index (χ1) is 8.99. The molecule has 4 heteroatoms. The molecular formula is C15H20BrN3. The highest BCUT2D eigenvalue weighted by molar-refractivity contribution is 9.10. The molecule has 0 saturated heterocycles. The Morgan fingerprint density at radius 3 is 2.42 bits per heavy atom. The fourth-order valence-corrected chi connectivity index (χ4v) is 2.57. The fourth-order valence-electron chi connectivity index (χ4n) is 2.09. The van der Waals surface area contributed by atoms with E-state index in [9.17, 15) is 0 Å². The van der Waals surface area contributed by atoms with Crippen molar-refractivity contribution in [1.29, 1.82) is 0 Å². The number of halogens is 1. The maximum absolute atomic E-state index is 4.40. The highest BCUT2D eigenvalue weighted by atomic mass is 79.9. The zero-order valence-corrected chi connectivity index (χ0v) is 13.5. The van der Waals surface area contributed by atoms with Gasteiger partial charge in [0.05, 0.1) is 15.9 Å². The van der Waals surface area contributed by atoms with Crippen molar-refractivity contribution in [2.24, 2.45) is 7.05 Å². The van der Waals surface area contributed by atoms with Gasteiger partial charge in [0.15, 0.2) is 0 Å². The highest BCUT2D eigenvalue weighted by Gasteiger charge is 2.12. The molecule has 3 nitrogen and oxygen atoms in total. The van der Waals surface area contributed by atoms with Crippen LogP contribution in [0.2, 0.25) is 0 Å². The summed E-state index contributed by atoms with van der Waals surface area (Å²) in [7, 11) is 1.98. The number of hydrogen-bond acceptors (Lipinski definition) is 2. The molecule has 0 radical (unpaired) electrons. The molecule has 1 heterocycles. The van der Waals surface area contributed by atoms with E-state index in [0.717, 1.165) is 16.7 Å². The van der Waals surface area contributed by atoms with Gasteiger partial charge in [0.25, 0.3) is 0 Å². The molecule has 0 saturated carbocycles. The average Bonchev–Trinajstić information content (AvgIpc) is 2.62. The summed E-state index contributed by atoms with van der Waals surface area (Å²) in [4.78, 5) is 0. The summed E-state index contributed by atoms with van der Waals surface area (Å²) in [6, 6.07) is 8.98. The number of aromatic nitrogens is 2. The van der Waals surface area contributed by atoms with E-state index in [4.69, 9.17) is 0 Å². The van der Waals surface area contributed by atoms with Crippen molar-refractivity contribution >= 4 is 15.9 Å². The predicted octanol–water partition coefficient (Wildman–Crippen LogP) is 3.65. The van der Waals surface area contributed by atoms with Gasteiger partial charge in [-0.1, -0.05) is 29.8 Å². The molecule has 19 heavy (non-hydrogen) atoms. The van der Waals surface area contributed by atoms with Crippen molar-refractivity contribution in [2.75, 3.05) is 0 Å². The van der Waals surface area contributed by atoms with E-state index in [1.165, 1.54) is 16.8 Å². The highest BCUT2D eigenvalue weighted by Crippen LogP contribution is 2.21. The Kier molecular flexibility index (Phi) is 4.42. The summed E-state index contributed by atoms with van der Waals surface area (Å²) in [5, 5.41) is 7.94. The van der Waals surface area contributed by atoms with Crippen LogP contribution in [0, 0.1) is 13.8 Å². The Morgan fingerprint density at radius 1 is 1.26 bits per heavy atom. The van der Waals surface area contributed by atoms with Gasteiger partial charge in [0, 0.05) is 19.6 Å². The van der Waals surface area contributed by atoms with Crippen molar-refractivity contribution in [3.05, 3.63) is 51.3 Å². The van der Waals surface area contributed by atoms with Crippen LogP contribution in [0.4, 0.5) is 0 Å². The molecule has 102 valence electrons. The number of hydrogen-bond donors (Lipinski definition) is 1. The van der Waals surface area contributed by atoms with Crippen molar-refractivity contribution < 1.29 is 0 Å². The molecule has 1 N–H and O–H groups in total. The first-order valence-corrected chi connectivity index (χ1v) is 7.26. The van der Waals surface area contributed by atoms with Crippen LogP contribution in [0.15, 0.2) is 28.7 Å². The third-order valence-corrected chi connectivity index (χ3v) is 4.45. The van der Waals surface area contributed by atoms with Crippen LogP contribution in [0.5, 0.6) is 0 Å². The largest absolute Gasteiger partial charge is 0.305 e. The molecule has 2 aromatic rings. The molecule has 0 aliphatic heterocycles. The molecule has 0 amide bonds. The van der Waals surface area contributed by atoms with Gasteiger partial charge < -0.3 is 5.32 Å². The third kappa shape index (κ3) is 3.25. The van der Waals surface area contributed by atoms with E-state index in [0.29, 0.717) is 6.04 Å². The van der Waals surface area contributed by atoms with E-state index in [1.807, 2.05) is 18.7 Å². The summed E-state index contributed by atoms with van der Waals surface area (Å²) < 4.78 is 3.02. The van der Waals surface area contributed by atoms with Gasteiger partial charge in [-0.05, 0) is 42.3 Å². The summed E-state index contributed by atoms with van der Waals surface area (Å²) in [6.45, 7) is 7.10. The normalized spacial score (nSPS) is 12.7. The lowest BCUT2D eigenvalue weighted by atomic mass is 10.1. The second-order valence-electron chi connectivity index (χ2n) is 4.98. The van der Waals surface area contributed by atoms with E-state index < -0.39 is 0 Å². The molecule has 0 unspecified atom stereocenters. The average molecular weight is 322 g/mol. The number of rotatable bonds is 4. The molecule has 1 atom stereocenters. The van der Waals surface area contributed by atoms with Crippen LogP contribution in [-0.2, 0) is 13.6 Å². The lowest BCUT2D eigenvalue weighted by molar-refractivity contribution is 0.547. The minimum absolute atomic E-state index is 0.322. The van der Waals surface area contributed by atoms with Gasteiger partial charge in [-0.25, -0.2) is 0 Å². The van der Waals surface area contributed by atoms with E-state index in [1.54, 1.807) is 0 Å². The Bertz CT molecular complexity index is 558. The summed E-state index contributed by atoms with van der Waals surface area (Å²) >= 11 is 3.59. The minimum atomic E-state index is 0.322. The van der Waals surface area contributed by atoms with Gasteiger partial charge >= 0.3 is 0 Å². The number of nitrogens with one attached hydrogen (secondary N) is 1. The second kappa shape index (κ2) is 5.88. The van der Waals surface area contributed by atoms with Gasteiger partial charge in [-0.15, -0.1) is 0 Å². The summed E-state index contributed by atoms with van der Waals surface area (Å²) in [6.07, 6.45) is 0. The molecule has 0 bridgehead atoms. The first kappa shape index (κ1) is 14.3. The SMILES string of the molecule is Cc1ccc([C@H](C)NCc2c(Br)c(C)nn2C)cc1. The lowest BCUT2D eigenvalue weighted by Crippen LogP contribution is -2.20. The monoisotopic (exact) mass is 321 g/mol. The maximum atomic E-state index is 4.40. The molecule has 2 rings (SSSR count). The van der Waals surface area contributed by atoms with Crippen molar-refractivity contribution in [3.8, 4) is 0 Å². The zero-order valence-electron chi connectivity index (χ0n) is 11.9. The van der Waals surface area contributed by atoms with E-state index in [2.05, 4.69) is 64.5 Å². The number of aryl methyl sites for hydroxylation is 3. The number of nitrogens with zero attached hydrogens (tertiary/aromatic N) is 2. The van der Waals surface area contributed by atoms with Crippen LogP contribution in [-0.4, -0.2) is 9.78 Å². The van der Waals surface area contributed by atoms with Crippen molar-refractivity contribution in [1.82, 2.24) is 15.1 Å². The van der Waals surface area contributed by atoms with Gasteiger partial charge in [-0.3, -0.25) is 4.68 Å². The Balaban J connectivity index is 2.04. The van der Waals surface area contributed by atoms with Crippen LogP contribution >= 0.6 is 15.9 Å². The molecule has 0 spiro atoms. The molecular weight excluding hydrogens is 302 g/mol. The van der Waals surface area contributed by atoms with Gasteiger partial charge in [0.2, 0.25) is 0 Å². The van der Waals surface area contributed by atoms with Crippen LogP contribution < -0.4 is 5.32 Å². The Hall–Kier alpha value is -1.13. The maximum Gasteiger partial charge on any atom is 0.0739 e. The standard InChI is InChI=1S/C15H20BrN3/c1-10-5-7-13(8-6-10)11(2)17-9-14-15(16)12(3)18-19(14)4/h5-8,11,17H,9H2,1-4H3/t11-/m0/s1. The predicted molar refractivity (Wildman–Crippen MR) is 82.1 cm³/mol. The van der Waals surface area contributed by atoms with E-state index >= 15 is 0 Å². The molecule has 0 aliphatic rings. The quantitative estimate of drug-likeness (QED) is 0.931. The van der Waals surface area contributed by atoms with Gasteiger partial charge in [0.1, 0.15) is 0 Å². The summed E-state index contributed by atoms with van der Waals surface area (Å²) in [5.74, 6) is 0. The minimum Gasteiger partial charge on any atom is -0.305 e. The van der Waals surface area contributed by atoms with Crippen LogP contribution in [0.3, 0.4) is 0 Å². The fraction of sp³-hybridized carbons (Fsp3) is 0.400. The Morgan fingerprint density at radius 2 is 1.89 bits per heavy atom. The molecule has 1 aromatic heterocycles. The van der Waals surface area contributed by atoms with Crippen molar-refractivity contribution in [2.45, 2.75) is 33.4 Å². The molecule has 0 aliphatic carbocycles.